The molecule has 33 heavy (non-hydrogen) atoms. The summed E-state index contributed by atoms with van der Waals surface area (Å²) in [4.78, 5) is 17.2. The van der Waals surface area contributed by atoms with E-state index >= 15 is 0 Å². The third kappa shape index (κ3) is 3.99. The average Bonchev–Trinajstić information content (AvgIpc) is 2.97. The zero-order valence-corrected chi connectivity index (χ0v) is 18.6. The SMILES string of the molecule is C=C1N(c2ccc(C#N)c(C(F)(F)F)c2)C(=O)C2(CCCCCCC2)N1c1ccc(C)cc1. The van der Waals surface area contributed by atoms with Gasteiger partial charge in [-0.3, -0.25) is 9.69 Å². The largest absolute Gasteiger partial charge is 0.417 e. The van der Waals surface area contributed by atoms with Crippen LogP contribution >= 0.6 is 0 Å². The zero-order chi connectivity index (χ0) is 23.8. The molecule has 2 aromatic rings. The van der Waals surface area contributed by atoms with Crippen molar-refractivity contribution in [2.45, 2.75) is 63.6 Å². The van der Waals surface area contributed by atoms with E-state index in [0.29, 0.717) is 18.7 Å². The molecule has 7 heteroatoms. The fourth-order valence-corrected chi connectivity index (χ4v) is 5.06. The minimum Gasteiger partial charge on any atom is -0.313 e. The van der Waals surface area contributed by atoms with Crippen LogP contribution in [0.2, 0.25) is 0 Å². The van der Waals surface area contributed by atoms with E-state index in [1.807, 2.05) is 36.1 Å². The Hall–Kier alpha value is -3.27. The first-order chi connectivity index (χ1) is 15.7. The van der Waals surface area contributed by atoms with E-state index in [-0.39, 0.29) is 11.6 Å². The Bertz CT molecular complexity index is 1110. The molecule has 0 aromatic heterocycles. The number of halogens is 3. The van der Waals surface area contributed by atoms with Gasteiger partial charge in [0.15, 0.2) is 0 Å². The van der Waals surface area contributed by atoms with Crippen molar-refractivity contribution in [2.75, 3.05) is 9.80 Å². The van der Waals surface area contributed by atoms with Crippen LogP contribution in [0.15, 0.2) is 54.9 Å². The van der Waals surface area contributed by atoms with Crippen LogP contribution in [0.5, 0.6) is 0 Å². The Morgan fingerprint density at radius 2 is 1.55 bits per heavy atom. The summed E-state index contributed by atoms with van der Waals surface area (Å²) in [6.45, 7) is 6.14. The smallest absolute Gasteiger partial charge is 0.313 e. The summed E-state index contributed by atoms with van der Waals surface area (Å²) in [5.74, 6) is 0.0788. The maximum atomic E-state index is 14.0. The van der Waals surface area contributed by atoms with E-state index in [9.17, 15) is 18.0 Å². The summed E-state index contributed by atoms with van der Waals surface area (Å²) < 4.78 is 40.9. The van der Waals surface area contributed by atoms with Gasteiger partial charge in [-0.1, -0.05) is 56.4 Å². The highest BCUT2D eigenvalue weighted by Crippen LogP contribution is 2.47. The number of hydrogen-bond donors (Lipinski definition) is 0. The quantitative estimate of drug-likeness (QED) is 0.509. The molecule has 0 bridgehead atoms. The molecule has 1 saturated heterocycles. The molecule has 0 atom stereocenters. The van der Waals surface area contributed by atoms with Crippen LogP contribution in [0.4, 0.5) is 24.5 Å². The van der Waals surface area contributed by atoms with Gasteiger partial charge >= 0.3 is 6.18 Å². The maximum Gasteiger partial charge on any atom is 0.417 e. The topological polar surface area (TPSA) is 47.3 Å². The van der Waals surface area contributed by atoms with E-state index in [2.05, 4.69) is 6.58 Å². The number of rotatable bonds is 2. The van der Waals surface area contributed by atoms with Crippen LogP contribution < -0.4 is 9.80 Å². The lowest BCUT2D eigenvalue weighted by atomic mass is 9.82. The lowest BCUT2D eigenvalue weighted by molar-refractivity contribution is -0.137. The molecule has 2 aromatic carbocycles. The molecule has 1 heterocycles. The highest BCUT2D eigenvalue weighted by molar-refractivity contribution is 6.10. The van der Waals surface area contributed by atoms with Gasteiger partial charge in [-0.25, -0.2) is 0 Å². The first-order valence-corrected chi connectivity index (χ1v) is 11.2. The van der Waals surface area contributed by atoms with Crippen LogP contribution in [-0.4, -0.2) is 11.4 Å². The van der Waals surface area contributed by atoms with Gasteiger partial charge in [0, 0.05) is 5.69 Å². The zero-order valence-electron chi connectivity index (χ0n) is 18.6. The number of alkyl halides is 3. The summed E-state index contributed by atoms with van der Waals surface area (Å²) in [6.07, 6.45) is 1.36. The third-order valence-corrected chi connectivity index (χ3v) is 6.71. The van der Waals surface area contributed by atoms with Crippen LogP contribution in [0, 0.1) is 18.3 Å². The highest BCUT2D eigenvalue weighted by Gasteiger charge is 2.55. The maximum absolute atomic E-state index is 14.0. The van der Waals surface area contributed by atoms with Crippen molar-refractivity contribution in [2.24, 2.45) is 0 Å². The van der Waals surface area contributed by atoms with Gasteiger partial charge in [0.05, 0.1) is 22.9 Å². The molecule has 0 radical (unpaired) electrons. The standard InChI is InChI=1S/C26H26F3N3O/c1-18-8-11-21(12-9-18)32-19(2)31(24(33)25(32)14-6-4-3-5-7-15-25)22-13-10-20(17-30)23(16-22)26(27,28)29/h8-13,16H,2-7,14-15H2,1H3. The van der Waals surface area contributed by atoms with Crippen molar-refractivity contribution >= 4 is 17.3 Å². The first kappa shape index (κ1) is 22.9. The summed E-state index contributed by atoms with van der Waals surface area (Å²) in [5.41, 5.74) is -0.471. The summed E-state index contributed by atoms with van der Waals surface area (Å²) >= 11 is 0. The molecule has 1 saturated carbocycles. The van der Waals surface area contributed by atoms with Gasteiger partial charge < -0.3 is 4.90 Å². The van der Waals surface area contributed by atoms with Crippen LogP contribution in [0.3, 0.4) is 0 Å². The number of nitrogens with zero attached hydrogens (tertiary/aromatic N) is 3. The second-order valence-electron chi connectivity index (χ2n) is 8.87. The lowest BCUT2D eigenvalue weighted by Gasteiger charge is -2.38. The van der Waals surface area contributed by atoms with Crippen LogP contribution in [0.1, 0.15) is 61.6 Å². The molecule has 2 fully saturated rings. The Kier molecular flexibility index (Phi) is 5.96. The molecule has 4 nitrogen and oxygen atoms in total. The molecule has 4 rings (SSSR count). The second kappa shape index (κ2) is 8.58. The lowest BCUT2D eigenvalue weighted by Crippen LogP contribution is -2.49. The molecule has 1 spiro atoms. The minimum atomic E-state index is -4.71. The molecule has 1 aliphatic carbocycles. The van der Waals surface area contributed by atoms with E-state index in [1.165, 1.54) is 11.0 Å². The molecule has 0 unspecified atom stereocenters. The van der Waals surface area contributed by atoms with Gasteiger partial charge in [0.2, 0.25) is 0 Å². The molecule has 172 valence electrons. The van der Waals surface area contributed by atoms with Gasteiger partial charge in [-0.05, 0) is 50.1 Å². The van der Waals surface area contributed by atoms with Crippen molar-refractivity contribution in [1.82, 2.24) is 0 Å². The van der Waals surface area contributed by atoms with Crippen molar-refractivity contribution in [1.29, 1.82) is 5.26 Å². The Labute approximate surface area is 191 Å². The molecule has 0 N–H and O–H groups in total. The number of benzene rings is 2. The number of aryl methyl sites for hydroxylation is 1. The number of nitriles is 1. The molecule has 1 amide bonds. The molecular weight excluding hydrogens is 427 g/mol. The van der Waals surface area contributed by atoms with Gasteiger partial charge in [-0.15, -0.1) is 0 Å². The summed E-state index contributed by atoms with van der Waals surface area (Å²) in [5, 5.41) is 9.16. The number of hydrogen-bond acceptors (Lipinski definition) is 3. The summed E-state index contributed by atoms with van der Waals surface area (Å²) in [6, 6.07) is 12.8. The Morgan fingerprint density at radius 1 is 0.970 bits per heavy atom. The van der Waals surface area contributed by atoms with Crippen LogP contribution in [0.25, 0.3) is 0 Å². The van der Waals surface area contributed by atoms with E-state index in [4.69, 9.17) is 5.26 Å². The normalized spacial score (nSPS) is 18.9. The minimum absolute atomic E-state index is 0.0763. The Balaban J connectivity index is 1.86. The monoisotopic (exact) mass is 453 g/mol. The highest BCUT2D eigenvalue weighted by atomic mass is 19.4. The van der Waals surface area contributed by atoms with Crippen molar-refractivity contribution in [3.63, 3.8) is 0 Å². The molecular formula is C26H26F3N3O. The van der Waals surface area contributed by atoms with Crippen molar-refractivity contribution in [3.05, 3.63) is 71.6 Å². The number of carbonyl (C=O) groups excluding carboxylic acids is 1. The van der Waals surface area contributed by atoms with Crippen molar-refractivity contribution < 1.29 is 18.0 Å². The number of anilines is 2. The molecule has 2 aliphatic rings. The number of carbonyl (C=O) groups is 1. The number of amides is 1. The predicted molar refractivity (Wildman–Crippen MR) is 121 cm³/mol. The van der Waals surface area contributed by atoms with Gasteiger partial charge in [0.25, 0.3) is 5.91 Å². The van der Waals surface area contributed by atoms with Gasteiger partial charge in [-0.2, -0.15) is 18.4 Å². The van der Waals surface area contributed by atoms with E-state index < -0.39 is 22.8 Å². The third-order valence-electron chi connectivity index (χ3n) is 6.71. The molecule has 1 aliphatic heterocycles. The Morgan fingerprint density at radius 3 is 2.12 bits per heavy atom. The fraction of sp³-hybridized carbons (Fsp3) is 0.385. The summed E-state index contributed by atoms with van der Waals surface area (Å²) in [7, 11) is 0. The fourth-order valence-electron chi connectivity index (χ4n) is 5.06. The second-order valence-corrected chi connectivity index (χ2v) is 8.87. The van der Waals surface area contributed by atoms with Crippen LogP contribution in [-0.2, 0) is 11.0 Å². The van der Waals surface area contributed by atoms with E-state index in [0.717, 1.165) is 55.5 Å². The first-order valence-electron chi connectivity index (χ1n) is 11.2. The van der Waals surface area contributed by atoms with Gasteiger partial charge in [0.1, 0.15) is 11.4 Å². The predicted octanol–water partition coefficient (Wildman–Crippen LogP) is 6.69. The van der Waals surface area contributed by atoms with E-state index in [1.54, 1.807) is 6.07 Å². The van der Waals surface area contributed by atoms with Crippen molar-refractivity contribution in [3.8, 4) is 6.07 Å². The average molecular weight is 454 g/mol.